The Kier molecular flexibility index (Phi) is 6.97. The van der Waals surface area contributed by atoms with Crippen LogP contribution in [0.2, 0.25) is 0 Å². The van der Waals surface area contributed by atoms with Crippen LogP contribution in [-0.4, -0.2) is 19.9 Å². The lowest BCUT2D eigenvalue weighted by molar-refractivity contribution is 0.669. The molecule has 0 fully saturated rings. The molecule has 6 heteroatoms. The van der Waals surface area contributed by atoms with Gasteiger partial charge in [0.25, 0.3) is 0 Å². The van der Waals surface area contributed by atoms with Crippen molar-refractivity contribution < 1.29 is 4.42 Å². The van der Waals surface area contributed by atoms with Gasteiger partial charge in [0.2, 0.25) is 0 Å². The normalized spacial score (nSPS) is 11.7. The van der Waals surface area contributed by atoms with E-state index in [0.717, 1.165) is 92.1 Å². The Balaban J connectivity index is 1.17. The standard InChI is InChI=1S/C48H28N4OS/c1-3-13-30(14-4-1)37-25-33-18-9-10-19-34(33)26-38(37)47-51-45(35-23-22-29-12-7-8-17-32(29)24-35)50-46(52-47)36-20-11-21-41-44(36)39-27-40-43(28-42(39)53-41)54-48(49-40)31-15-5-2-6-16-31/h1-28H. The molecule has 0 amide bonds. The van der Waals surface area contributed by atoms with Crippen molar-refractivity contribution in [1.82, 2.24) is 19.9 Å². The van der Waals surface area contributed by atoms with Gasteiger partial charge in [-0.25, -0.2) is 19.9 Å². The van der Waals surface area contributed by atoms with Gasteiger partial charge in [0.15, 0.2) is 17.5 Å². The minimum absolute atomic E-state index is 0.576. The molecule has 0 spiro atoms. The van der Waals surface area contributed by atoms with Crippen LogP contribution in [0.15, 0.2) is 174 Å². The zero-order valence-corrected chi connectivity index (χ0v) is 29.6. The summed E-state index contributed by atoms with van der Waals surface area (Å²) in [6, 6.07) is 58.8. The van der Waals surface area contributed by atoms with Crippen molar-refractivity contribution in [2.75, 3.05) is 0 Å². The quantitative estimate of drug-likeness (QED) is 0.178. The van der Waals surface area contributed by atoms with Crippen molar-refractivity contribution in [2.24, 2.45) is 0 Å². The molecule has 11 aromatic rings. The van der Waals surface area contributed by atoms with E-state index in [9.17, 15) is 0 Å². The molecule has 0 aliphatic carbocycles. The summed E-state index contributed by atoms with van der Waals surface area (Å²) in [5.74, 6) is 1.78. The second-order valence-corrected chi connectivity index (χ2v) is 14.5. The molecule has 0 radical (unpaired) electrons. The second kappa shape index (κ2) is 12.3. The largest absolute Gasteiger partial charge is 0.456 e. The molecule has 0 bridgehead atoms. The maximum atomic E-state index is 6.55. The summed E-state index contributed by atoms with van der Waals surface area (Å²) in [6.45, 7) is 0. The molecule has 0 aliphatic heterocycles. The first-order chi connectivity index (χ1) is 26.7. The summed E-state index contributed by atoms with van der Waals surface area (Å²) in [5, 5.41) is 7.47. The highest BCUT2D eigenvalue weighted by molar-refractivity contribution is 7.21. The smallest absolute Gasteiger partial charge is 0.164 e. The summed E-state index contributed by atoms with van der Waals surface area (Å²) < 4.78 is 7.63. The Hall–Kier alpha value is -7.02. The van der Waals surface area contributed by atoms with E-state index in [1.807, 2.05) is 36.4 Å². The molecule has 0 saturated heterocycles. The lowest BCUT2D eigenvalue weighted by atomic mass is 9.95. The van der Waals surface area contributed by atoms with Gasteiger partial charge in [-0.05, 0) is 63.0 Å². The van der Waals surface area contributed by atoms with Gasteiger partial charge in [0.05, 0.1) is 10.2 Å². The molecule has 0 atom stereocenters. The summed E-state index contributed by atoms with van der Waals surface area (Å²) >= 11 is 1.67. The predicted molar refractivity (Wildman–Crippen MR) is 222 cm³/mol. The number of rotatable bonds is 5. The van der Waals surface area contributed by atoms with Gasteiger partial charge in [0.1, 0.15) is 16.2 Å². The van der Waals surface area contributed by atoms with Crippen molar-refractivity contribution >= 4 is 65.0 Å². The Morgan fingerprint density at radius 1 is 0.389 bits per heavy atom. The first-order valence-corrected chi connectivity index (χ1v) is 18.7. The van der Waals surface area contributed by atoms with Gasteiger partial charge in [-0.1, -0.05) is 133 Å². The van der Waals surface area contributed by atoms with Crippen molar-refractivity contribution in [1.29, 1.82) is 0 Å². The zero-order valence-electron chi connectivity index (χ0n) is 28.8. The fourth-order valence-electron chi connectivity index (χ4n) is 7.49. The Labute approximate surface area is 313 Å². The molecule has 11 rings (SSSR count). The number of hydrogen-bond acceptors (Lipinski definition) is 6. The second-order valence-electron chi connectivity index (χ2n) is 13.5. The molecule has 5 nitrogen and oxygen atoms in total. The Morgan fingerprint density at radius 2 is 1.02 bits per heavy atom. The minimum atomic E-state index is 0.576. The third kappa shape index (κ3) is 5.15. The van der Waals surface area contributed by atoms with Crippen LogP contribution in [0.4, 0.5) is 0 Å². The fourth-order valence-corrected chi connectivity index (χ4v) is 8.48. The van der Waals surface area contributed by atoms with E-state index < -0.39 is 0 Å². The van der Waals surface area contributed by atoms with Gasteiger partial charge < -0.3 is 4.42 Å². The Morgan fingerprint density at radius 3 is 1.78 bits per heavy atom. The predicted octanol–water partition coefficient (Wildman–Crippen LogP) is 13.0. The molecular weight excluding hydrogens is 681 g/mol. The van der Waals surface area contributed by atoms with Crippen LogP contribution in [0.5, 0.6) is 0 Å². The number of hydrogen-bond donors (Lipinski definition) is 0. The highest BCUT2D eigenvalue weighted by atomic mass is 32.1. The lowest BCUT2D eigenvalue weighted by Crippen LogP contribution is -2.01. The van der Waals surface area contributed by atoms with Crippen LogP contribution < -0.4 is 0 Å². The number of nitrogens with zero attached hydrogens (tertiary/aromatic N) is 4. The number of furan rings is 1. The maximum absolute atomic E-state index is 6.55. The zero-order chi connectivity index (χ0) is 35.6. The van der Waals surface area contributed by atoms with E-state index in [1.165, 1.54) is 0 Å². The van der Waals surface area contributed by atoms with E-state index in [4.69, 9.17) is 24.4 Å². The van der Waals surface area contributed by atoms with Crippen LogP contribution in [0.1, 0.15) is 0 Å². The summed E-state index contributed by atoms with van der Waals surface area (Å²) in [5.41, 5.74) is 8.49. The molecular formula is C48H28N4OS. The van der Waals surface area contributed by atoms with Crippen molar-refractivity contribution in [3.8, 4) is 55.9 Å². The van der Waals surface area contributed by atoms with Crippen LogP contribution >= 0.6 is 11.3 Å². The summed E-state index contributed by atoms with van der Waals surface area (Å²) in [6.07, 6.45) is 0. The van der Waals surface area contributed by atoms with Crippen molar-refractivity contribution in [3.05, 3.63) is 170 Å². The number of aromatic nitrogens is 4. The molecule has 3 aromatic heterocycles. The fraction of sp³-hybridized carbons (Fsp3) is 0. The molecule has 0 unspecified atom stereocenters. The molecule has 252 valence electrons. The Bertz CT molecular complexity index is 3220. The highest BCUT2D eigenvalue weighted by Crippen LogP contribution is 2.41. The van der Waals surface area contributed by atoms with E-state index in [0.29, 0.717) is 17.5 Å². The van der Waals surface area contributed by atoms with Gasteiger partial charge in [-0.3, -0.25) is 0 Å². The van der Waals surface area contributed by atoms with Crippen LogP contribution in [-0.2, 0) is 0 Å². The monoisotopic (exact) mass is 708 g/mol. The number of benzene rings is 8. The van der Waals surface area contributed by atoms with Gasteiger partial charge in [-0.15, -0.1) is 11.3 Å². The average molecular weight is 709 g/mol. The molecule has 0 saturated carbocycles. The average Bonchev–Trinajstić information content (AvgIpc) is 3.83. The minimum Gasteiger partial charge on any atom is -0.456 e. The van der Waals surface area contributed by atoms with Gasteiger partial charge >= 0.3 is 0 Å². The maximum Gasteiger partial charge on any atom is 0.164 e. The molecule has 54 heavy (non-hydrogen) atoms. The van der Waals surface area contributed by atoms with Crippen molar-refractivity contribution in [2.45, 2.75) is 0 Å². The third-order valence-corrected chi connectivity index (χ3v) is 11.2. The van der Waals surface area contributed by atoms with Crippen LogP contribution in [0.25, 0.3) is 110 Å². The van der Waals surface area contributed by atoms with E-state index in [2.05, 4.69) is 133 Å². The lowest BCUT2D eigenvalue weighted by Gasteiger charge is -2.14. The van der Waals surface area contributed by atoms with E-state index in [1.54, 1.807) is 11.3 Å². The molecule has 3 heterocycles. The summed E-state index contributed by atoms with van der Waals surface area (Å²) in [7, 11) is 0. The first kappa shape index (κ1) is 30.6. The third-order valence-electron chi connectivity index (χ3n) is 10.1. The topological polar surface area (TPSA) is 64.7 Å². The van der Waals surface area contributed by atoms with E-state index in [-0.39, 0.29) is 0 Å². The van der Waals surface area contributed by atoms with Crippen LogP contribution in [0.3, 0.4) is 0 Å². The van der Waals surface area contributed by atoms with E-state index >= 15 is 0 Å². The van der Waals surface area contributed by atoms with Gasteiger partial charge in [0, 0.05) is 39.1 Å². The van der Waals surface area contributed by atoms with Crippen molar-refractivity contribution in [3.63, 3.8) is 0 Å². The number of fused-ring (bicyclic) bond motifs is 6. The van der Waals surface area contributed by atoms with Gasteiger partial charge in [-0.2, -0.15) is 0 Å². The molecule has 0 N–H and O–H groups in total. The SMILES string of the molecule is c1ccc(-c2nc3cc4c(cc3s2)oc2cccc(-c3nc(-c5ccc6ccccc6c5)nc(-c5cc6ccccc6cc5-c5ccccc5)n3)c24)cc1. The van der Waals surface area contributed by atoms with Crippen LogP contribution in [0, 0.1) is 0 Å². The molecule has 8 aromatic carbocycles. The summed E-state index contributed by atoms with van der Waals surface area (Å²) in [4.78, 5) is 20.9. The first-order valence-electron chi connectivity index (χ1n) is 17.9. The number of thiazole rings is 1. The molecule has 0 aliphatic rings. The highest BCUT2D eigenvalue weighted by Gasteiger charge is 2.21.